The molecule has 9 heteroatoms. The molecule has 0 fully saturated rings. The van der Waals surface area contributed by atoms with Crippen LogP contribution in [0.2, 0.25) is 0 Å². The lowest BCUT2D eigenvalue weighted by Crippen LogP contribution is -2.28. The first kappa shape index (κ1) is 23.6. The Labute approximate surface area is 209 Å². The first-order valence-electron chi connectivity index (χ1n) is 11.9. The monoisotopic (exact) mass is 483 g/mol. The number of carbonyl (C=O) groups is 1. The molecule has 3 aromatic heterocycles. The second kappa shape index (κ2) is 9.50. The van der Waals surface area contributed by atoms with Crippen LogP contribution in [0, 0.1) is 6.92 Å². The van der Waals surface area contributed by atoms with Crippen LogP contribution >= 0.6 is 0 Å². The van der Waals surface area contributed by atoms with Crippen LogP contribution in [0.1, 0.15) is 40.1 Å². The number of ether oxygens (including phenoxy) is 1. The lowest BCUT2D eigenvalue weighted by Gasteiger charge is -2.19. The fourth-order valence-corrected chi connectivity index (χ4v) is 4.54. The average molecular weight is 484 g/mol. The number of nitrogens with zero attached hydrogens (tertiary/aromatic N) is 6. The molecule has 9 nitrogen and oxygen atoms in total. The number of H-pyrrole nitrogens is 1. The predicted molar refractivity (Wildman–Crippen MR) is 138 cm³/mol. The predicted octanol–water partition coefficient (Wildman–Crippen LogP) is 4.20. The lowest BCUT2D eigenvalue weighted by molar-refractivity contribution is 0.0778. The molecule has 36 heavy (non-hydrogen) atoms. The summed E-state index contributed by atoms with van der Waals surface area (Å²) in [6, 6.07) is 9.79. The summed E-state index contributed by atoms with van der Waals surface area (Å²) in [4.78, 5) is 37.1. The topological polar surface area (TPSA) is 102 Å². The Morgan fingerprint density at radius 2 is 2.00 bits per heavy atom. The van der Waals surface area contributed by atoms with Gasteiger partial charge in [-0.15, -0.1) is 0 Å². The quantitative estimate of drug-likeness (QED) is 0.372. The Hall–Kier alpha value is -4.11. The van der Waals surface area contributed by atoms with Crippen LogP contribution in [0.5, 0.6) is 0 Å². The second-order valence-corrected chi connectivity index (χ2v) is 9.01. The van der Waals surface area contributed by atoms with Crippen molar-refractivity contribution in [3.63, 3.8) is 0 Å². The van der Waals surface area contributed by atoms with E-state index in [2.05, 4.69) is 21.9 Å². The number of imidazole rings is 2. The molecular formula is C27H29N7O2. The van der Waals surface area contributed by atoms with Gasteiger partial charge >= 0.3 is 0 Å². The highest BCUT2D eigenvalue weighted by atomic mass is 16.5. The number of amides is 1. The van der Waals surface area contributed by atoms with E-state index in [1.807, 2.05) is 55.1 Å². The van der Waals surface area contributed by atoms with Crippen LogP contribution < -0.4 is 0 Å². The molecule has 1 N–H and O–H groups in total. The van der Waals surface area contributed by atoms with Crippen LogP contribution in [-0.4, -0.2) is 54.5 Å². The first-order chi connectivity index (χ1) is 17.4. The minimum Gasteiger partial charge on any atom is -0.380 e. The molecule has 0 bridgehead atoms. The molecule has 5 rings (SSSR count). The summed E-state index contributed by atoms with van der Waals surface area (Å²) in [5, 5.41) is 0.698. The second-order valence-electron chi connectivity index (χ2n) is 9.01. The number of aryl methyl sites for hydroxylation is 2. The largest absolute Gasteiger partial charge is 0.380 e. The Morgan fingerprint density at radius 3 is 2.75 bits per heavy atom. The average Bonchev–Trinajstić information content (AvgIpc) is 3.50. The van der Waals surface area contributed by atoms with E-state index >= 15 is 0 Å². The SMILES string of the molecule is CCc1ncc(CN(C)C(=O)c2nc(-c3cc(C)c4nc[nH]c4c3)nc3ccc(COC)cc23)n1C. The highest BCUT2D eigenvalue weighted by molar-refractivity contribution is 6.05. The van der Waals surface area contributed by atoms with E-state index in [0.717, 1.165) is 45.7 Å². The van der Waals surface area contributed by atoms with E-state index in [-0.39, 0.29) is 5.91 Å². The first-order valence-corrected chi connectivity index (χ1v) is 11.9. The molecule has 0 unspecified atom stereocenters. The standard InChI is InChI=1S/C27H29N7O2/c1-6-23-28-12-19(34(23)4)13-33(3)27(35)25-20-10-17(14-36-5)7-8-21(20)31-26(32-25)18-9-16(2)24-22(11-18)29-15-30-24/h7-12,15H,6,13-14H2,1-5H3,(H,29,30). The minimum absolute atomic E-state index is 0.184. The van der Waals surface area contributed by atoms with Crippen LogP contribution in [0.4, 0.5) is 0 Å². The number of methoxy groups -OCH3 is 1. The molecule has 0 aliphatic heterocycles. The molecule has 5 aromatic rings. The van der Waals surface area contributed by atoms with E-state index in [1.54, 1.807) is 25.4 Å². The number of aromatic amines is 1. The summed E-state index contributed by atoms with van der Waals surface area (Å²) in [7, 11) is 5.41. The van der Waals surface area contributed by atoms with Gasteiger partial charge in [0.15, 0.2) is 5.82 Å². The van der Waals surface area contributed by atoms with Gasteiger partial charge in [0.2, 0.25) is 0 Å². The van der Waals surface area contributed by atoms with Crippen molar-refractivity contribution >= 4 is 27.8 Å². The summed E-state index contributed by atoms with van der Waals surface area (Å²) in [5.74, 6) is 1.29. The van der Waals surface area contributed by atoms with Crippen LogP contribution in [0.15, 0.2) is 42.9 Å². The molecule has 3 heterocycles. The maximum atomic E-state index is 13.8. The molecule has 0 saturated carbocycles. The van der Waals surface area contributed by atoms with Crippen molar-refractivity contribution in [1.29, 1.82) is 0 Å². The number of aromatic nitrogens is 6. The number of rotatable bonds is 7. The van der Waals surface area contributed by atoms with Crippen molar-refractivity contribution in [2.24, 2.45) is 7.05 Å². The van der Waals surface area contributed by atoms with Crippen molar-refractivity contribution in [2.75, 3.05) is 14.2 Å². The van der Waals surface area contributed by atoms with Crippen molar-refractivity contribution in [1.82, 2.24) is 34.4 Å². The molecule has 1 amide bonds. The molecule has 0 radical (unpaired) electrons. The number of carbonyl (C=O) groups excluding carboxylic acids is 1. The number of fused-ring (bicyclic) bond motifs is 2. The highest BCUT2D eigenvalue weighted by Gasteiger charge is 2.21. The smallest absolute Gasteiger partial charge is 0.273 e. The zero-order chi connectivity index (χ0) is 25.4. The van der Waals surface area contributed by atoms with E-state index in [9.17, 15) is 4.79 Å². The van der Waals surface area contributed by atoms with Gasteiger partial charge in [-0.2, -0.15) is 0 Å². The van der Waals surface area contributed by atoms with Crippen LogP contribution in [-0.2, 0) is 31.4 Å². The third-order valence-corrected chi connectivity index (χ3v) is 6.49. The Morgan fingerprint density at radius 1 is 1.17 bits per heavy atom. The number of benzene rings is 2. The Balaban J connectivity index is 1.61. The molecule has 0 atom stereocenters. The summed E-state index contributed by atoms with van der Waals surface area (Å²) in [6.07, 6.45) is 4.33. The van der Waals surface area contributed by atoms with Gasteiger partial charge in [0.25, 0.3) is 5.91 Å². The zero-order valence-corrected chi connectivity index (χ0v) is 21.2. The molecule has 2 aromatic carbocycles. The normalized spacial score (nSPS) is 11.5. The Kier molecular flexibility index (Phi) is 6.24. The number of nitrogens with one attached hydrogen (secondary N) is 1. The van der Waals surface area contributed by atoms with Gasteiger partial charge in [0.05, 0.1) is 47.9 Å². The number of hydrogen-bond donors (Lipinski definition) is 1. The molecule has 184 valence electrons. The van der Waals surface area contributed by atoms with E-state index in [1.165, 1.54) is 0 Å². The maximum absolute atomic E-state index is 13.8. The van der Waals surface area contributed by atoms with Gasteiger partial charge in [-0.25, -0.2) is 19.9 Å². The molecule has 0 saturated heterocycles. The number of hydrogen-bond acceptors (Lipinski definition) is 6. The fourth-order valence-electron chi connectivity index (χ4n) is 4.54. The van der Waals surface area contributed by atoms with Crippen molar-refractivity contribution in [2.45, 2.75) is 33.4 Å². The van der Waals surface area contributed by atoms with Gasteiger partial charge in [-0.05, 0) is 42.3 Å². The Bertz CT molecular complexity index is 1580. The third-order valence-electron chi connectivity index (χ3n) is 6.49. The van der Waals surface area contributed by atoms with E-state index in [4.69, 9.17) is 14.7 Å². The summed E-state index contributed by atoms with van der Waals surface area (Å²) >= 11 is 0. The lowest BCUT2D eigenvalue weighted by atomic mass is 10.1. The molecule has 0 aliphatic rings. The fraction of sp³-hybridized carbons (Fsp3) is 0.296. The minimum atomic E-state index is -0.184. The highest BCUT2D eigenvalue weighted by Crippen LogP contribution is 2.27. The van der Waals surface area contributed by atoms with Crippen molar-refractivity contribution in [3.05, 3.63) is 71.2 Å². The summed E-state index contributed by atoms with van der Waals surface area (Å²) in [5.41, 5.74) is 6.61. The van der Waals surface area contributed by atoms with Crippen molar-refractivity contribution in [3.8, 4) is 11.4 Å². The van der Waals surface area contributed by atoms with E-state index in [0.29, 0.717) is 35.6 Å². The van der Waals surface area contributed by atoms with Crippen LogP contribution in [0.25, 0.3) is 33.3 Å². The van der Waals surface area contributed by atoms with Gasteiger partial charge in [-0.1, -0.05) is 13.0 Å². The van der Waals surface area contributed by atoms with Gasteiger partial charge in [-0.3, -0.25) is 4.79 Å². The van der Waals surface area contributed by atoms with Gasteiger partial charge in [0.1, 0.15) is 11.5 Å². The van der Waals surface area contributed by atoms with Crippen LogP contribution in [0.3, 0.4) is 0 Å². The maximum Gasteiger partial charge on any atom is 0.273 e. The molecular weight excluding hydrogens is 454 g/mol. The van der Waals surface area contributed by atoms with E-state index < -0.39 is 0 Å². The van der Waals surface area contributed by atoms with Gasteiger partial charge < -0.3 is 19.2 Å². The summed E-state index contributed by atoms with van der Waals surface area (Å²) in [6.45, 7) is 4.92. The van der Waals surface area contributed by atoms with Crippen molar-refractivity contribution < 1.29 is 9.53 Å². The third kappa shape index (κ3) is 4.22. The summed E-state index contributed by atoms with van der Waals surface area (Å²) < 4.78 is 7.35. The zero-order valence-electron chi connectivity index (χ0n) is 21.2. The van der Waals surface area contributed by atoms with Gasteiger partial charge in [0, 0.05) is 38.6 Å². The molecule has 0 spiro atoms. The molecule has 0 aliphatic carbocycles.